The molecule has 0 aromatic heterocycles. The lowest BCUT2D eigenvalue weighted by Crippen LogP contribution is -2.44. The zero-order chi connectivity index (χ0) is 15.1. The second-order valence-electron chi connectivity index (χ2n) is 5.57. The molecule has 2 rings (SSSR count). The first-order valence-electron chi connectivity index (χ1n) is 7.63. The summed E-state index contributed by atoms with van der Waals surface area (Å²) in [6, 6.07) is 7.79. The molecule has 21 heavy (non-hydrogen) atoms. The van der Waals surface area contributed by atoms with Gasteiger partial charge in [0, 0.05) is 16.8 Å². The van der Waals surface area contributed by atoms with Gasteiger partial charge in [0.05, 0.1) is 6.54 Å². The molecule has 1 heterocycles. The number of nitrogens with zero attached hydrogens (tertiary/aromatic N) is 1. The van der Waals surface area contributed by atoms with Crippen LogP contribution in [0.1, 0.15) is 25.7 Å². The summed E-state index contributed by atoms with van der Waals surface area (Å²) < 4.78 is 0. The molecule has 1 aromatic rings. The maximum absolute atomic E-state index is 12.2. The molecule has 1 aliphatic rings. The SMILES string of the molecule is CNCCC1CCCCN1CC(=O)Nc1cccc(Cl)c1. The fourth-order valence-corrected chi connectivity index (χ4v) is 3.05. The third-order valence-corrected chi connectivity index (χ3v) is 4.17. The number of likely N-dealkylation sites (tertiary alicyclic amines) is 1. The van der Waals surface area contributed by atoms with Gasteiger partial charge in [-0.2, -0.15) is 0 Å². The number of anilines is 1. The number of amides is 1. The maximum Gasteiger partial charge on any atom is 0.238 e. The Balaban J connectivity index is 1.87. The Morgan fingerprint density at radius 3 is 3.05 bits per heavy atom. The zero-order valence-electron chi connectivity index (χ0n) is 12.6. The van der Waals surface area contributed by atoms with Crippen molar-refractivity contribution in [3.05, 3.63) is 29.3 Å². The number of carbonyl (C=O) groups excluding carboxylic acids is 1. The van der Waals surface area contributed by atoms with E-state index in [1.807, 2.05) is 19.2 Å². The highest BCUT2D eigenvalue weighted by atomic mass is 35.5. The smallest absolute Gasteiger partial charge is 0.238 e. The van der Waals surface area contributed by atoms with E-state index in [0.717, 1.165) is 25.2 Å². The van der Waals surface area contributed by atoms with E-state index >= 15 is 0 Å². The Morgan fingerprint density at radius 2 is 2.29 bits per heavy atom. The molecular formula is C16H24ClN3O. The Labute approximate surface area is 131 Å². The molecule has 116 valence electrons. The van der Waals surface area contributed by atoms with Crippen molar-refractivity contribution in [2.24, 2.45) is 0 Å². The molecule has 4 nitrogen and oxygen atoms in total. The standard InChI is InChI=1S/C16H24ClN3O/c1-18-9-8-15-7-2-3-10-20(15)12-16(21)19-14-6-4-5-13(17)11-14/h4-6,11,15,18H,2-3,7-10,12H2,1H3,(H,19,21). The van der Waals surface area contributed by atoms with Crippen LogP contribution < -0.4 is 10.6 Å². The number of hydrogen-bond donors (Lipinski definition) is 2. The average Bonchev–Trinajstić information content (AvgIpc) is 2.46. The second kappa shape index (κ2) is 8.37. The quantitative estimate of drug-likeness (QED) is 0.849. The predicted octanol–water partition coefficient (Wildman–Crippen LogP) is 2.74. The Kier molecular flexibility index (Phi) is 6.49. The number of benzene rings is 1. The van der Waals surface area contributed by atoms with Crippen LogP contribution in [0.5, 0.6) is 0 Å². The van der Waals surface area contributed by atoms with Crippen LogP contribution in [0.4, 0.5) is 5.69 Å². The molecule has 0 saturated carbocycles. The van der Waals surface area contributed by atoms with Gasteiger partial charge in [0.15, 0.2) is 0 Å². The molecule has 1 unspecified atom stereocenters. The van der Waals surface area contributed by atoms with E-state index in [4.69, 9.17) is 11.6 Å². The van der Waals surface area contributed by atoms with Gasteiger partial charge < -0.3 is 10.6 Å². The fourth-order valence-electron chi connectivity index (χ4n) is 2.86. The highest BCUT2D eigenvalue weighted by Gasteiger charge is 2.23. The van der Waals surface area contributed by atoms with Gasteiger partial charge in [-0.1, -0.05) is 24.1 Å². The fraction of sp³-hybridized carbons (Fsp3) is 0.562. The Hall–Kier alpha value is -1.10. The predicted molar refractivity (Wildman–Crippen MR) is 87.8 cm³/mol. The molecule has 5 heteroatoms. The summed E-state index contributed by atoms with van der Waals surface area (Å²) in [5, 5.41) is 6.76. The molecule has 2 N–H and O–H groups in total. The van der Waals surface area contributed by atoms with Crippen molar-refractivity contribution in [1.29, 1.82) is 0 Å². The van der Waals surface area contributed by atoms with Gasteiger partial charge in [0.2, 0.25) is 5.91 Å². The topological polar surface area (TPSA) is 44.4 Å². The summed E-state index contributed by atoms with van der Waals surface area (Å²) in [5.74, 6) is 0.0358. The highest BCUT2D eigenvalue weighted by Crippen LogP contribution is 2.20. The van der Waals surface area contributed by atoms with Crippen molar-refractivity contribution in [2.75, 3.05) is 32.0 Å². The van der Waals surface area contributed by atoms with Crippen LogP contribution in [0.25, 0.3) is 0 Å². The van der Waals surface area contributed by atoms with Gasteiger partial charge in [0.25, 0.3) is 0 Å². The van der Waals surface area contributed by atoms with E-state index in [1.165, 1.54) is 19.3 Å². The first-order chi connectivity index (χ1) is 10.2. The average molecular weight is 310 g/mol. The molecule has 1 aromatic carbocycles. The Morgan fingerprint density at radius 1 is 1.43 bits per heavy atom. The summed E-state index contributed by atoms with van der Waals surface area (Å²) in [5.41, 5.74) is 0.760. The summed E-state index contributed by atoms with van der Waals surface area (Å²) in [4.78, 5) is 14.5. The van der Waals surface area contributed by atoms with E-state index < -0.39 is 0 Å². The molecule has 1 amide bonds. The van der Waals surface area contributed by atoms with Crippen LogP contribution in [-0.4, -0.2) is 43.5 Å². The molecular weight excluding hydrogens is 286 g/mol. The van der Waals surface area contributed by atoms with E-state index in [-0.39, 0.29) is 5.91 Å². The first kappa shape index (κ1) is 16.3. The molecule has 0 bridgehead atoms. The number of hydrogen-bond acceptors (Lipinski definition) is 3. The summed E-state index contributed by atoms with van der Waals surface area (Å²) in [6.45, 7) is 2.47. The molecule has 0 spiro atoms. The second-order valence-corrected chi connectivity index (χ2v) is 6.01. The number of halogens is 1. The molecule has 1 atom stereocenters. The van der Waals surface area contributed by atoms with Crippen molar-refractivity contribution >= 4 is 23.2 Å². The van der Waals surface area contributed by atoms with Gasteiger partial charge in [-0.15, -0.1) is 0 Å². The third-order valence-electron chi connectivity index (χ3n) is 3.93. The Bertz CT molecular complexity index is 467. The van der Waals surface area contributed by atoms with E-state index in [9.17, 15) is 4.79 Å². The van der Waals surface area contributed by atoms with Crippen LogP contribution in [0.2, 0.25) is 5.02 Å². The van der Waals surface area contributed by atoms with Crippen molar-refractivity contribution < 1.29 is 4.79 Å². The number of carbonyl (C=O) groups is 1. The van der Waals surface area contributed by atoms with Crippen LogP contribution in [-0.2, 0) is 4.79 Å². The van der Waals surface area contributed by atoms with Crippen molar-refractivity contribution in [2.45, 2.75) is 31.7 Å². The third kappa shape index (κ3) is 5.30. The lowest BCUT2D eigenvalue weighted by atomic mass is 9.99. The van der Waals surface area contributed by atoms with Crippen LogP contribution in [0.15, 0.2) is 24.3 Å². The van der Waals surface area contributed by atoms with Crippen LogP contribution >= 0.6 is 11.6 Å². The summed E-state index contributed by atoms with van der Waals surface area (Å²) in [6.07, 6.45) is 4.73. The molecule has 1 fully saturated rings. The minimum absolute atomic E-state index is 0.0358. The van der Waals surface area contributed by atoms with Crippen molar-refractivity contribution in [1.82, 2.24) is 10.2 Å². The largest absolute Gasteiger partial charge is 0.325 e. The normalized spacial score (nSPS) is 19.4. The van der Waals surface area contributed by atoms with Gasteiger partial charge in [-0.3, -0.25) is 9.69 Å². The number of rotatable bonds is 6. The number of nitrogens with one attached hydrogen (secondary N) is 2. The first-order valence-corrected chi connectivity index (χ1v) is 8.01. The zero-order valence-corrected chi connectivity index (χ0v) is 13.3. The van der Waals surface area contributed by atoms with Gasteiger partial charge in [-0.25, -0.2) is 0 Å². The van der Waals surface area contributed by atoms with Gasteiger partial charge in [0.1, 0.15) is 0 Å². The summed E-state index contributed by atoms with van der Waals surface area (Å²) >= 11 is 5.93. The van der Waals surface area contributed by atoms with E-state index in [0.29, 0.717) is 17.6 Å². The van der Waals surface area contributed by atoms with E-state index in [1.54, 1.807) is 12.1 Å². The monoisotopic (exact) mass is 309 g/mol. The summed E-state index contributed by atoms with van der Waals surface area (Å²) in [7, 11) is 1.97. The molecule has 0 radical (unpaired) electrons. The maximum atomic E-state index is 12.2. The van der Waals surface area contributed by atoms with Crippen LogP contribution in [0.3, 0.4) is 0 Å². The highest BCUT2D eigenvalue weighted by molar-refractivity contribution is 6.30. The van der Waals surface area contributed by atoms with Crippen LogP contribution in [0, 0.1) is 0 Å². The lowest BCUT2D eigenvalue weighted by Gasteiger charge is -2.35. The molecule has 1 aliphatic heterocycles. The molecule has 1 saturated heterocycles. The van der Waals surface area contributed by atoms with E-state index in [2.05, 4.69) is 15.5 Å². The van der Waals surface area contributed by atoms with Gasteiger partial charge in [-0.05, 0) is 57.6 Å². The minimum Gasteiger partial charge on any atom is -0.325 e. The molecule has 0 aliphatic carbocycles. The number of piperidine rings is 1. The van der Waals surface area contributed by atoms with Crippen molar-refractivity contribution in [3.63, 3.8) is 0 Å². The lowest BCUT2D eigenvalue weighted by molar-refractivity contribution is -0.118. The minimum atomic E-state index is 0.0358. The van der Waals surface area contributed by atoms with Crippen molar-refractivity contribution in [3.8, 4) is 0 Å². The van der Waals surface area contributed by atoms with Gasteiger partial charge >= 0.3 is 0 Å².